The molecular formula is C30H34N2O5S. The lowest BCUT2D eigenvalue weighted by molar-refractivity contribution is -0.671. The van der Waals surface area contributed by atoms with E-state index >= 15 is 0 Å². The predicted molar refractivity (Wildman–Crippen MR) is 148 cm³/mol. The monoisotopic (exact) mass is 534 g/mol. The second-order valence-electron chi connectivity index (χ2n) is 10.1. The summed E-state index contributed by atoms with van der Waals surface area (Å²) in [5.41, 5.74) is 4.50. The highest BCUT2D eigenvalue weighted by atomic mass is 32.2. The zero-order valence-corrected chi connectivity index (χ0v) is 22.9. The summed E-state index contributed by atoms with van der Waals surface area (Å²) in [4.78, 5) is 12.7. The van der Waals surface area contributed by atoms with Crippen molar-refractivity contribution in [3.05, 3.63) is 83.7 Å². The van der Waals surface area contributed by atoms with Gasteiger partial charge in [0.05, 0.1) is 10.3 Å². The normalized spacial score (nSPS) is 16.0. The molecule has 0 saturated heterocycles. The first-order valence-electron chi connectivity index (χ1n) is 12.9. The Morgan fingerprint density at radius 1 is 1.11 bits per heavy atom. The number of para-hydroxylation sites is 1. The Labute approximate surface area is 224 Å². The van der Waals surface area contributed by atoms with Crippen LogP contribution in [0.2, 0.25) is 0 Å². The molecule has 8 heteroatoms. The lowest BCUT2D eigenvalue weighted by Gasteiger charge is -2.25. The van der Waals surface area contributed by atoms with E-state index in [1.165, 1.54) is 12.1 Å². The van der Waals surface area contributed by atoms with Crippen molar-refractivity contribution in [3.8, 4) is 0 Å². The van der Waals surface area contributed by atoms with Crippen molar-refractivity contribution in [2.45, 2.75) is 63.3 Å². The molecule has 1 N–H and O–H groups in total. The van der Waals surface area contributed by atoms with Gasteiger partial charge in [0, 0.05) is 48.3 Å². The Hall–Kier alpha value is -3.49. The first-order chi connectivity index (χ1) is 18.0. The van der Waals surface area contributed by atoms with Crippen LogP contribution in [0, 0.1) is 0 Å². The molecule has 0 bridgehead atoms. The van der Waals surface area contributed by atoms with Crippen LogP contribution < -0.4 is 9.47 Å². The Kier molecular flexibility index (Phi) is 8.04. The number of aromatic nitrogens is 1. The molecule has 0 saturated carbocycles. The van der Waals surface area contributed by atoms with Gasteiger partial charge in [-0.05, 0) is 61.2 Å². The molecule has 1 aromatic heterocycles. The molecule has 200 valence electrons. The van der Waals surface area contributed by atoms with Crippen molar-refractivity contribution in [2.24, 2.45) is 0 Å². The predicted octanol–water partition coefficient (Wildman–Crippen LogP) is 5.39. The maximum absolute atomic E-state index is 11.6. The number of pyridine rings is 1. The fourth-order valence-corrected chi connectivity index (χ4v) is 5.77. The number of rotatable bonds is 10. The number of aryl methyl sites for hydroxylation is 1. The summed E-state index contributed by atoms with van der Waals surface area (Å²) >= 11 is 0. The van der Waals surface area contributed by atoms with E-state index < -0.39 is 21.5 Å². The number of carboxylic acids is 1. The number of hydrogen-bond acceptors (Lipinski definition) is 5. The molecule has 1 aliphatic rings. The summed E-state index contributed by atoms with van der Waals surface area (Å²) in [6, 6.07) is 14.9. The van der Waals surface area contributed by atoms with Gasteiger partial charge >= 0.3 is 5.97 Å². The van der Waals surface area contributed by atoms with Gasteiger partial charge in [-0.15, -0.1) is 0 Å². The lowest BCUT2D eigenvalue weighted by Crippen LogP contribution is -2.34. The molecule has 3 aromatic rings. The highest BCUT2D eigenvalue weighted by molar-refractivity contribution is 7.85. The van der Waals surface area contributed by atoms with Gasteiger partial charge in [-0.2, -0.15) is 4.57 Å². The van der Waals surface area contributed by atoms with E-state index in [9.17, 15) is 17.8 Å². The van der Waals surface area contributed by atoms with Gasteiger partial charge in [-0.1, -0.05) is 38.1 Å². The summed E-state index contributed by atoms with van der Waals surface area (Å²) in [5, 5.41) is 9.96. The van der Waals surface area contributed by atoms with Crippen LogP contribution in [-0.4, -0.2) is 30.6 Å². The van der Waals surface area contributed by atoms with Crippen molar-refractivity contribution in [1.82, 2.24) is 0 Å². The first kappa shape index (κ1) is 27.5. The van der Waals surface area contributed by atoms with E-state index in [0.717, 1.165) is 52.8 Å². The molecule has 7 nitrogen and oxygen atoms in total. The zero-order chi connectivity index (χ0) is 27.5. The van der Waals surface area contributed by atoms with E-state index in [0.29, 0.717) is 13.0 Å². The lowest BCUT2D eigenvalue weighted by atomic mass is 9.83. The Morgan fingerprint density at radius 3 is 2.58 bits per heavy atom. The van der Waals surface area contributed by atoms with E-state index in [4.69, 9.17) is 5.11 Å². The van der Waals surface area contributed by atoms with Gasteiger partial charge in [0.2, 0.25) is 5.52 Å². The molecule has 0 fully saturated rings. The fourth-order valence-electron chi connectivity index (χ4n) is 5.28. The van der Waals surface area contributed by atoms with E-state index in [1.807, 2.05) is 39.0 Å². The molecule has 2 heterocycles. The van der Waals surface area contributed by atoms with E-state index in [-0.39, 0.29) is 11.3 Å². The summed E-state index contributed by atoms with van der Waals surface area (Å²) in [7, 11) is -4.53. The summed E-state index contributed by atoms with van der Waals surface area (Å²) < 4.78 is 37.1. The number of carboxylic acid groups (broad SMARTS) is 1. The van der Waals surface area contributed by atoms with Gasteiger partial charge in [-0.3, -0.25) is 4.79 Å². The maximum atomic E-state index is 11.6. The standard InChI is InChI=1S/C30H34N2O5S/c1-4-32-27-17-16-23(38(35,36)37)21-25(27)30(2,3)28(32)14-10-11-22-18-20-31(19-9-5-6-15-29(33)34)26-13-8-7-12-24(22)26/h7-8,10-14,16-18,20-21H,4-6,9,15,19H2,1-3H3,(H-,33,34,35,36,37). The smallest absolute Gasteiger partial charge is 0.303 e. The molecular weight excluding hydrogens is 500 g/mol. The van der Waals surface area contributed by atoms with Crippen LogP contribution in [0.1, 0.15) is 57.6 Å². The number of fused-ring (bicyclic) bond motifs is 2. The number of aliphatic carboxylic acids is 1. The van der Waals surface area contributed by atoms with Crippen molar-refractivity contribution in [1.29, 1.82) is 0 Å². The number of anilines is 1. The number of allylic oxidation sites excluding steroid dienone is 3. The summed E-state index contributed by atoms with van der Waals surface area (Å²) in [6.45, 7) is 7.67. The largest absolute Gasteiger partial charge is 0.744 e. The molecule has 0 atom stereocenters. The quantitative estimate of drug-likeness (QED) is 0.213. The van der Waals surface area contributed by atoms with Crippen LogP contribution in [-0.2, 0) is 26.9 Å². The molecule has 0 spiro atoms. The summed E-state index contributed by atoms with van der Waals surface area (Å²) in [6.07, 6.45) is 10.9. The molecule has 1 aliphatic heterocycles. The molecule has 0 unspecified atom stereocenters. The van der Waals surface area contributed by atoms with Crippen LogP contribution in [0.5, 0.6) is 0 Å². The van der Waals surface area contributed by atoms with Gasteiger partial charge in [-0.25, -0.2) is 8.42 Å². The molecule has 4 rings (SSSR count). The Bertz CT molecular complexity index is 1520. The minimum absolute atomic E-state index is 0.205. The average Bonchev–Trinajstić information content (AvgIpc) is 3.09. The number of hydrogen-bond donors (Lipinski definition) is 1. The van der Waals surface area contributed by atoms with Crippen molar-refractivity contribution < 1.29 is 27.4 Å². The fraction of sp³-hybridized carbons (Fsp3) is 0.333. The maximum Gasteiger partial charge on any atom is 0.303 e. The number of carbonyl (C=O) groups is 1. The van der Waals surface area contributed by atoms with Crippen molar-refractivity contribution in [2.75, 3.05) is 11.4 Å². The highest BCUT2D eigenvalue weighted by Gasteiger charge is 2.39. The minimum Gasteiger partial charge on any atom is -0.744 e. The number of likely N-dealkylation sites (N-methyl/N-ethyl adjacent to an activating group) is 1. The summed E-state index contributed by atoms with van der Waals surface area (Å²) in [5.74, 6) is -0.749. The van der Waals surface area contributed by atoms with Gasteiger partial charge < -0.3 is 14.6 Å². The average molecular weight is 535 g/mol. The third-order valence-corrected chi connectivity index (χ3v) is 8.08. The van der Waals surface area contributed by atoms with Crippen LogP contribution >= 0.6 is 0 Å². The topological polar surface area (TPSA) is 102 Å². The SMILES string of the molecule is CCN1/C(=C\C=C\c2cc[n+](CCCCCC(=O)O)c3ccccc23)C(C)(C)c2cc(S(=O)(=O)[O-])ccc21. The number of benzene rings is 2. The molecule has 38 heavy (non-hydrogen) atoms. The minimum atomic E-state index is -4.53. The van der Waals surface area contributed by atoms with E-state index in [1.54, 1.807) is 6.07 Å². The third-order valence-electron chi connectivity index (χ3n) is 7.25. The molecule has 0 amide bonds. The van der Waals surface area contributed by atoms with Crippen molar-refractivity contribution >= 4 is 38.8 Å². The van der Waals surface area contributed by atoms with Gasteiger partial charge in [0.1, 0.15) is 16.7 Å². The van der Waals surface area contributed by atoms with Crippen LogP contribution in [0.4, 0.5) is 5.69 Å². The van der Waals surface area contributed by atoms with E-state index in [2.05, 4.69) is 46.0 Å². The Morgan fingerprint density at radius 2 is 1.87 bits per heavy atom. The third kappa shape index (κ3) is 5.66. The second-order valence-corrected chi connectivity index (χ2v) is 11.5. The second kappa shape index (κ2) is 11.1. The van der Waals surface area contributed by atoms with Crippen LogP contribution in [0.25, 0.3) is 17.0 Å². The molecule has 0 aliphatic carbocycles. The van der Waals surface area contributed by atoms with Crippen LogP contribution in [0.3, 0.4) is 0 Å². The first-order valence-corrected chi connectivity index (χ1v) is 14.3. The molecule has 2 aromatic carbocycles. The Balaban J connectivity index is 1.60. The number of nitrogens with zero attached hydrogens (tertiary/aromatic N) is 2. The number of unbranched alkanes of at least 4 members (excludes halogenated alkanes) is 2. The zero-order valence-electron chi connectivity index (χ0n) is 22.1. The van der Waals surface area contributed by atoms with Crippen LogP contribution in [0.15, 0.2) is 77.5 Å². The molecule has 0 radical (unpaired) electrons. The van der Waals surface area contributed by atoms with Gasteiger partial charge in [0.15, 0.2) is 6.20 Å². The van der Waals surface area contributed by atoms with Crippen molar-refractivity contribution in [3.63, 3.8) is 0 Å². The highest BCUT2D eigenvalue weighted by Crippen LogP contribution is 2.48. The van der Waals surface area contributed by atoms with Gasteiger partial charge in [0.25, 0.3) is 0 Å².